The molecule has 21 heavy (non-hydrogen) atoms. The van der Waals surface area contributed by atoms with Gasteiger partial charge >= 0.3 is 5.97 Å². The second-order valence-electron chi connectivity index (χ2n) is 4.43. The second kappa shape index (κ2) is 8.11. The lowest BCUT2D eigenvalue weighted by Crippen LogP contribution is -2.37. The average molecular weight is 295 g/mol. The molecule has 1 aromatic carbocycles. The zero-order chi connectivity index (χ0) is 15.8. The van der Waals surface area contributed by atoms with E-state index in [1.165, 1.54) is 7.11 Å². The minimum absolute atomic E-state index is 0.0714. The fourth-order valence-corrected chi connectivity index (χ4v) is 1.90. The Bertz CT molecular complexity index is 505. The maximum atomic E-state index is 11.8. The van der Waals surface area contributed by atoms with Crippen LogP contribution in [0.4, 0.5) is 11.4 Å². The summed E-state index contributed by atoms with van der Waals surface area (Å²) < 4.78 is 9.58. The largest absolute Gasteiger partial charge is 0.465 e. The van der Waals surface area contributed by atoms with Gasteiger partial charge in [0.1, 0.15) is 0 Å². The summed E-state index contributed by atoms with van der Waals surface area (Å²) in [5.74, 6) is -0.683. The zero-order valence-corrected chi connectivity index (χ0v) is 12.5. The highest BCUT2D eigenvalue weighted by atomic mass is 16.5. The number of nitrogens with one attached hydrogen (secondary N) is 1. The van der Waals surface area contributed by atoms with Gasteiger partial charge in [-0.25, -0.2) is 4.79 Å². The number of rotatable bonds is 7. The number of esters is 1. The number of nitrogen functional groups attached to an aromatic ring is 1. The first-order chi connectivity index (χ1) is 10.0. The topological polar surface area (TPSA) is 93.9 Å². The van der Waals surface area contributed by atoms with Gasteiger partial charge in [-0.05, 0) is 12.1 Å². The van der Waals surface area contributed by atoms with Crippen LogP contribution >= 0.6 is 0 Å². The molecule has 0 aliphatic heterocycles. The summed E-state index contributed by atoms with van der Waals surface area (Å²) in [6.45, 7) is 0.940. The van der Waals surface area contributed by atoms with E-state index in [9.17, 15) is 9.59 Å². The Labute approximate surface area is 124 Å². The van der Waals surface area contributed by atoms with Crippen LogP contribution in [0.15, 0.2) is 18.2 Å². The molecule has 1 amide bonds. The van der Waals surface area contributed by atoms with Gasteiger partial charge < -0.3 is 25.4 Å². The van der Waals surface area contributed by atoms with Crippen molar-refractivity contribution in [3.05, 3.63) is 23.8 Å². The number of benzene rings is 1. The van der Waals surface area contributed by atoms with Crippen LogP contribution in [0, 0.1) is 0 Å². The van der Waals surface area contributed by atoms with Gasteiger partial charge in [-0.3, -0.25) is 4.79 Å². The van der Waals surface area contributed by atoms with E-state index < -0.39 is 5.97 Å². The number of likely N-dealkylation sites (N-methyl/N-ethyl adjacent to an activating group) is 1. The number of hydrogen-bond donors (Lipinski definition) is 2. The number of carbonyl (C=O) groups excluding carboxylic acids is 2. The van der Waals surface area contributed by atoms with E-state index in [1.807, 2.05) is 0 Å². The number of ether oxygens (including phenoxy) is 2. The van der Waals surface area contributed by atoms with Crippen molar-refractivity contribution in [2.24, 2.45) is 0 Å². The summed E-state index contributed by atoms with van der Waals surface area (Å²) in [5, 5.41) is 2.70. The number of hydrogen-bond acceptors (Lipinski definition) is 6. The smallest absolute Gasteiger partial charge is 0.340 e. The highest BCUT2D eigenvalue weighted by Gasteiger charge is 2.19. The summed E-state index contributed by atoms with van der Waals surface area (Å²) in [6.07, 6.45) is 0. The Morgan fingerprint density at radius 1 is 1.33 bits per heavy atom. The first-order valence-corrected chi connectivity index (χ1v) is 6.44. The van der Waals surface area contributed by atoms with Gasteiger partial charge in [0.2, 0.25) is 5.91 Å². The molecule has 0 saturated carbocycles. The third-order valence-electron chi connectivity index (χ3n) is 2.86. The minimum atomic E-state index is -0.496. The predicted octanol–water partition coefficient (Wildman–Crippen LogP) is 0.254. The highest BCUT2D eigenvalue weighted by molar-refractivity contribution is 5.99. The van der Waals surface area contributed by atoms with Crippen molar-refractivity contribution in [3.8, 4) is 0 Å². The van der Waals surface area contributed by atoms with E-state index >= 15 is 0 Å². The molecule has 7 heteroatoms. The summed E-state index contributed by atoms with van der Waals surface area (Å²) in [4.78, 5) is 25.2. The normalized spacial score (nSPS) is 10.0. The number of nitrogens with two attached hydrogens (primary N) is 1. The quantitative estimate of drug-likeness (QED) is 0.425. The molecule has 0 spiro atoms. The van der Waals surface area contributed by atoms with E-state index in [0.29, 0.717) is 30.1 Å². The molecular weight excluding hydrogens is 274 g/mol. The molecule has 3 N–H and O–H groups in total. The van der Waals surface area contributed by atoms with E-state index in [1.54, 1.807) is 37.3 Å². The Morgan fingerprint density at radius 2 is 2.05 bits per heavy atom. The standard InChI is InChI=1S/C14H21N3O4/c1-17(9-12(18)16-7-8-20-2)13-10(14(19)21-3)5-4-6-11(13)15/h4-6H,7-9,15H2,1-3H3,(H,16,18). The molecule has 0 atom stereocenters. The molecule has 0 fully saturated rings. The zero-order valence-electron chi connectivity index (χ0n) is 12.5. The van der Waals surface area contributed by atoms with Crippen LogP contribution < -0.4 is 16.0 Å². The van der Waals surface area contributed by atoms with Gasteiger partial charge in [-0.2, -0.15) is 0 Å². The van der Waals surface area contributed by atoms with Crippen LogP contribution in [-0.2, 0) is 14.3 Å². The molecule has 7 nitrogen and oxygen atoms in total. The lowest BCUT2D eigenvalue weighted by atomic mass is 10.1. The average Bonchev–Trinajstić information content (AvgIpc) is 2.46. The van der Waals surface area contributed by atoms with Gasteiger partial charge in [0.15, 0.2) is 0 Å². The number of para-hydroxylation sites is 1. The molecule has 0 aliphatic carbocycles. The van der Waals surface area contributed by atoms with E-state index in [-0.39, 0.29) is 12.5 Å². The SMILES string of the molecule is COCCNC(=O)CN(C)c1c(N)cccc1C(=O)OC. The van der Waals surface area contributed by atoms with Crippen LogP contribution in [0.25, 0.3) is 0 Å². The van der Waals surface area contributed by atoms with Crippen molar-refractivity contribution in [1.29, 1.82) is 0 Å². The van der Waals surface area contributed by atoms with Crippen molar-refractivity contribution in [3.63, 3.8) is 0 Å². The first kappa shape index (κ1) is 16.8. The molecule has 116 valence electrons. The predicted molar refractivity (Wildman–Crippen MR) is 80.3 cm³/mol. The minimum Gasteiger partial charge on any atom is -0.465 e. The third kappa shape index (κ3) is 4.64. The molecule has 0 aliphatic rings. The maximum absolute atomic E-state index is 11.8. The van der Waals surface area contributed by atoms with E-state index in [2.05, 4.69) is 5.32 Å². The number of amides is 1. The van der Waals surface area contributed by atoms with Crippen molar-refractivity contribution in [2.75, 3.05) is 51.6 Å². The third-order valence-corrected chi connectivity index (χ3v) is 2.86. The molecule has 0 aromatic heterocycles. The lowest BCUT2D eigenvalue weighted by Gasteiger charge is -2.22. The van der Waals surface area contributed by atoms with Gasteiger partial charge in [0.25, 0.3) is 0 Å². The summed E-state index contributed by atoms with van der Waals surface area (Å²) in [5.41, 5.74) is 7.12. The summed E-state index contributed by atoms with van der Waals surface area (Å²) >= 11 is 0. The lowest BCUT2D eigenvalue weighted by molar-refractivity contribution is -0.119. The van der Waals surface area contributed by atoms with Crippen LogP contribution in [0.2, 0.25) is 0 Å². The summed E-state index contributed by atoms with van der Waals surface area (Å²) in [7, 11) is 4.55. The van der Waals surface area contributed by atoms with Gasteiger partial charge in [0.05, 0.1) is 37.2 Å². The fraction of sp³-hybridized carbons (Fsp3) is 0.429. The van der Waals surface area contributed by atoms with Crippen molar-refractivity contribution < 1.29 is 19.1 Å². The van der Waals surface area contributed by atoms with E-state index in [0.717, 1.165) is 0 Å². The molecule has 1 aromatic rings. The monoisotopic (exact) mass is 295 g/mol. The molecule has 0 radical (unpaired) electrons. The molecule has 0 unspecified atom stereocenters. The Hall–Kier alpha value is -2.28. The summed E-state index contributed by atoms with van der Waals surface area (Å²) in [6, 6.07) is 4.94. The maximum Gasteiger partial charge on any atom is 0.340 e. The van der Waals surface area contributed by atoms with Crippen LogP contribution in [0.5, 0.6) is 0 Å². The van der Waals surface area contributed by atoms with E-state index in [4.69, 9.17) is 15.2 Å². The number of methoxy groups -OCH3 is 2. The first-order valence-electron chi connectivity index (χ1n) is 6.44. The Balaban J connectivity index is 2.84. The number of anilines is 2. The van der Waals surface area contributed by atoms with Crippen molar-refractivity contribution in [1.82, 2.24) is 5.32 Å². The number of nitrogens with zero attached hydrogens (tertiary/aromatic N) is 1. The molecule has 0 heterocycles. The van der Waals surface area contributed by atoms with Crippen molar-refractivity contribution >= 4 is 23.3 Å². The Morgan fingerprint density at radius 3 is 2.67 bits per heavy atom. The van der Waals surface area contributed by atoms with Crippen LogP contribution in [-0.4, -0.2) is 52.8 Å². The van der Waals surface area contributed by atoms with Gasteiger partial charge in [-0.15, -0.1) is 0 Å². The number of carbonyl (C=O) groups is 2. The highest BCUT2D eigenvalue weighted by Crippen LogP contribution is 2.27. The molecule has 0 saturated heterocycles. The molecule has 1 rings (SSSR count). The van der Waals surface area contributed by atoms with Crippen molar-refractivity contribution in [2.45, 2.75) is 0 Å². The Kier molecular flexibility index (Phi) is 6.48. The van der Waals surface area contributed by atoms with Crippen LogP contribution in [0.3, 0.4) is 0 Å². The molecule has 0 bridgehead atoms. The fourth-order valence-electron chi connectivity index (χ4n) is 1.90. The van der Waals surface area contributed by atoms with Crippen LogP contribution in [0.1, 0.15) is 10.4 Å². The van der Waals surface area contributed by atoms with Gasteiger partial charge in [-0.1, -0.05) is 6.07 Å². The van der Waals surface area contributed by atoms with Gasteiger partial charge in [0, 0.05) is 20.7 Å². The second-order valence-corrected chi connectivity index (χ2v) is 4.43. The molecular formula is C14H21N3O4.